The van der Waals surface area contributed by atoms with Crippen molar-refractivity contribution < 1.29 is 13.9 Å². The molecule has 0 N–H and O–H groups in total. The molecular weight excluding hydrogens is 361 g/mol. The van der Waals surface area contributed by atoms with Crippen LogP contribution in [0.4, 0.5) is 4.39 Å². The van der Waals surface area contributed by atoms with Crippen LogP contribution in [-0.2, 0) is 0 Å². The van der Waals surface area contributed by atoms with E-state index in [1.165, 1.54) is 10.9 Å². The van der Waals surface area contributed by atoms with E-state index in [4.69, 9.17) is 4.74 Å². The van der Waals surface area contributed by atoms with Gasteiger partial charge in [0.25, 0.3) is 5.91 Å². The fourth-order valence-electron chi connectivity index (χ4n) is 2.86. The maximum absolute atomic E-state index is 14.5. The summed E-state index contributed by atoms with van der Waals surface area (Å²) in [5, 5.41) is 4.09. The third-order valence-electron chi connectivity index (χ3n) is 4.34. The van der Waals surface area contributed by atoms with Crippen molar-refractivity contribution in [3.8, 4) is 11.6 Å². The summed E-state index contributed by atoms with van der Waals surface area (Å²) in [5.41, 5.74) is 1.26. The first-order valence-corrected chi connectivity index (χ1v) is 9.01. The van der Waals surface area contributed by atoms with E-state index in [0.717, 1.165) is 11.8 Å². The Morgan fingerprint density at radius 2 is 2.14 bits per heavy atom. The zero-order valence-corrected chi connectivity index (χ0v) is 16.0. The van der Waals surface area contributed by atoms with E-state index >= 15 is 0 Å². The highest BCUT2D eigenvalue weighted by atomic mass is 19.1. The second-order valence-corrected chi connectivity index (χ2v) is 6.39. The SMILES string of the molecule is CCN(C(=O)c1c(F)cncc1-n1cccn1)[C@@H](C)COc1ccc(C)cn1. The minimum Gasteiger partial charge on any atom is -0.475 e. The molecule has 146 valence electrons. The van der Waals surface area contributed by atoms with E-state index in [1.807, 2.05) is 26.8 Å². The molecule has 0 bridgehead atoms. The number of likely N-dealkylation sites (N-methyl/N-ethyl adjacent to an activating group) is 1. The van der Waals surface area contributed by atoms with Crippen molar-refractivity contribution >= 4 is 5.91 Å². The molecule has 28 heavy (non-hydrogen) atoms. The van der Waals surface area contributed by atoms with E-state index in [9.17, 15) is 9.18 Å². The second kappa shape index (κ2) is 8.60. The van der Waals surface area contributed by atoms with Gasteiger partial charge in [-0.15, -0.1) is 0 Å². The lowest BCUT2D eigenvalue weighted by Gasteiger charge is -2.28. The largest absolute Gasteiger partial charge is 0.475 e. The lowest BCUT2D eigenvalue weighted by atomic mass is 10.1. The Morgan fingerprint density at radius 3 is 2.79 bits per heavy atom. The van der Waals surface area contributed by atoms with Crippen molar-refractivity contribution in [2.45, 2.75) is 26.8 Å². The van der Waals surface area contributed by atoms with E-state index in [1.54, 1.807) is 35.6 Å². The number of nitrogens with zero attached hydrogens (tertiary/aromatic N) is 5. The summed E-state index contributed by atoms with van der Waals surface area (Å²) in [4.78, 5) is 22.8. The van der Waals surface area contributed by atoms with Gasteiger partial charge in [0.05, 0.1) is 24.1 Å². The Bertz CT molecular complexity index is 928. The second-order valence-electron chi connectivity index (χ2n) is 6.39. The van der Waals surface area contributed by atoms with Gasteiger partial charge in [-0.2, -0.15) is 5.10 Å². The minimum atomic E-state index is -0.690. The molecule has 0 saturated carbocycles. The summed E-state index contributed by atoms with van der Waals surface area (Å²) in [6, 6.07) is 5.08. The van der Waals surface area contributed by atoms with Crippen LogP contribution in [0.15, 0.2) is 49.2 Å². The number of ether oxygens (including phenoxy) is 1. The van der Waals surface area contributed by atoms with E-state index in [-0.39, 0.29) is 18.2 Å². The topological polar surface area (TPSA) is 73.1 Å². The number of rotatable bonds is 7. The molecule has 1 amide bonds. The number of aryl methyl sites for hydroxylation is 1. The maximum atomic E-state index is 14.5. The predicted octanol–water partition coefficient (Wildman–Crippen LogP) is 3.04. The van der Waals surface area contributed by atoms with Gasteiger partial charge in [0.15, 0.2) is 5.82 Å². The third kappa shape index (κ3) is 4.16. The summed E-state index contributed by atoms with van der Waals surface area (Å²) < 4.78 is 21.7. The van der Waals surface area contributed by atoms with Gasteiger partial charge >= 0.3 is 0 Å². The first-order chi connectivity index (χ1) is 13.5. The van der Waals surface area contributed by atoms with Gasteiger partial charge in [-0.05, 0) is 32.4 Å². The van der Waals surface area contributed by atoms with Crippen molar-refractivity contribution in [3.63, 3.8) is 0 Å². The molecule has 3 rings (SSSR count). The van der Waals surface area contributed by atoms with Crippen LogP contribution in [-0.4, -0.2) is 49.7 Å². The van der Waals surface area contributed by atoms with Crippen LogP contribution in [0, 0.1) is 12.7 Å². The van der Waals surface area contributed by atoms with Crippen LogP contribution in [0.1, 0.15) is 29.8 Å². The summed E-state index contributed by atoms with van der Waals surface area (Å²) in [6.45, 7) is 6.26. The number of hydrogen-bond acceptors (Lipinski definition) is 5. The fourth-order valence-corrected chi connectivity index (χ4v) is 2.86. The van der Waals surface area contributed by atoms with Crippen LogP contribution < -0.4 is 4.74 Å². The van der Waals surface area contributed by atoms with Crippen molar-refractivity contribution in [2.24, 2.45) is 0 Å². The maximum Gasteiger partial charge on any atom is 0.259 e. The number of carbonyl (C=O) groups is 1. The van der Waals surface area contributed by atoms with Gasteiger partial charge in [0.1, 0.15) is 12.2 Å². The van der Waals surface area contributed by atoms with Crippen LogP contribution in [0.2, 0.25) is 0 Å². The van der Waals surface area contributed by atoms with Gasteiger partial charge < -0.3 is 9.64 Å². The van der Waals surface area contributed by atoms with Crippen molar-refractivity contribution in [2.75, 3.05) is 13.2 Å². The molecule has 3 aromatic heterocycles. The lowest BCUT2D eigenvalue weighted by Crippen LogP contribution is -2.42. The molecule has 0 unspecified atom stereocenters. The molecule has 0 radical (unpaired) electrons. The zero-order chi connectivity index (χ0) is 20.1. The Hall–Kier alpha value is -3.29. The van der Waals surface area contributed by atoms with Crippen molar-refractivity contribution in [3.05, 3.63) is 66.1 Å². The number of amides is 1. The summed E-state index contributed by atoms with van der Waals surface area (Å²) in [6.07, 6.45) is 7.37. The Morgan fingerprint density at radius 1 is 1.32 bits per heavy atom. The summed E-state index contributed by atoms with van der Waals surface area (Å²) in [5.74, 6) is -0.654. The zero-order valence-electron chi connectivity index (χ0n) is 16.0. The van der Waals surface area contributed by atoms with Crippen LogP contribution >= 0.6 is 0 Å². The van der Waals surface area contributed by atoms with Gasteiger partial charge in [-0.25, -0.2) is 14.1 Å². The first kappa shape index (κ1) is 19.5. The molecule has 0 aliphatic carbocycles. The molecule has 0 spiro atoms. The third-order valence-corrected chi connectivity index (χ3v) is 4.34. The molecule has 0 fully saturated rings. The highest BCUT2D eigenvalue weighted by Gasteiger charge is 2.27. The molecule has 8 heteroatoms. The molecule has 7 nitrogen and oxygen atoms in total. The van der Waals surface area contributed by atoms with E-state index < -0.39 is 11.7 Å². The van der Waals surface area contributed by atoms with Gasteiger partial charge in [0, 0.05) is 31.2 Å². The fraction of sp³-hybridized carbons (Fsp3) is 0.300. The van der Waals surface area contributed by atoms with Crippen LogP contribution in [0.3, 0.4) is 0 Å². The average molecular weight is 383 g/mol. The highest BCUT2D eigenvalue weighted by molar-refractivity contribution is 5.98. The van der Waals surface area contributed by atoms with Gasteiger partial charge in [-0.3, -0.25) is 9.78 Å². The van der Waals surface area contributed by atoms with Crippen LogP contribution in [0.5, 0.6) is 5.88 Å². The van der Waals surface area contributed by atoms with E-state index in [0.29, 0.717) is 18.1 Å². The number of carbonyl (C=O) groups excluding carboxylic acids is 1. The lowest BCUT2D eigenvalue weighted by molar-refractivity contribution is 0.0641. The average Bonchev–Trinajstić information content (AvgIpc) is 3.22. The van der Waals surface area contributed by atoms with Gasteiger partial charge in [-0.1, -0.05) is 6.07 Å². The molecule has 3 heterocycles. The minimum absolute atomic E-state index is 0.0686. The predicted molar refractivity (Wildman–Crippen MR) is 102 cm³/mol. The van der Waals surface area contributed by atoms with Crippen molar-refractivity contribution in [1.82, 2.24) is 24.6 Å². The number of halogens is 1. The van der Waals surface area contributed by atoms with Crippen LogP contribution in [0.25, 0.3) is 5.69 Å². The van der Waals surface area contributed by atoms with Gasteiger partial charge in [0.2, 0.25) is 5.88 Å². The molecule has 0 aromatic carbocycles. The quantitative estimate of drug-likeness (QED) is 0.627. The normalized spacial score (nSPS) is 11.9. The summed E-state index contributed by atoms with van der Waals surface area (Å²) >= 11 is 0. The summed E-state index contributed by atoms with van der Waals surface area (Å²) in [7, 11) is 0. The van der Waals surface area contributed by atoms with E-state index in [2.05, 4.69) is 15.1 Å². The monoisotopic (exact) mass is 383 g/mol. The highest BCUT2D eigenvalue weighted by Crippen LogP contribution is 2.20. The first-order valence-electron chi connectivity index (χ1n) is 9.01. The Balaban J connectivity index is 1.81. The molecule has 0 aliphatic rings. The Kier molecular flexibility index (Phi) is 5.98. The molecule has 1 atom stereocenters. The number of aromatic nitrogens is 4. The molecule has 3 aromatic rings. The molecule has 0 aliphatic heterocycles. The number of hydrogen-bond donors (Lipinski definition) is 0. The molecular formula is C20H22FN5O2. The molecule has 0 saturated heterocycles. The number of pyridine rings is 2. The van der Waals surface area contributed by atoms with Crippen molar-refractivity contribution in [1.29, 1.82) is 0 Å². The Labute approximate surface area is 162 Å². The standard InChI is InChI=1S/C20H22FN5O2/c1-4-25(15(3)13-28-18-7-6-14(2)10-23-18)20(27)19-16(21)11-22-12-17(19)26-9-5-8-24-26/h5-12,15H,4,13H2,1-3H3/t15-/m0/s1. The smallest absolute Gasteiger partial charge is 0.259 e.